The van der Waals surface area contributed by atoms with E-state index in [4.69, 9.17) is 4.74 Å². The van der Waals surface area contributed by atoms with E-state index in [1.54, 1.807) is 43.3 Å². The van der Waals surface area contributed by atoms with Crippen molar-refractivity contribution in [2.24, 2.45) is 0 Å². The number of esters is 1. The van der Waals surface area contributed by atoms with E-state index in [0.29, 0.717) is 23.6 Å². The third-order valence-corrected chi connectivity index (χ3v) is 2.56. The molecule has 2 aromatic rings. The molecule has 0 saturated carbocycles. The van der Waals surface area contributed by atoms with Crippen LogP contribution < -0.4 is 0 Å². The first-order valence-electron chi connectivity index (χ1n) is 5.99. The minimum atomic E-state index is -0.399. The Balaban J connectivity index is 2.16. The minimum Gasteiger partial charge on any atom is -0.463 e. The third-order valence-electron chi connectivity index (χ3n) is 2.56. The molecule has 1 aromatic carbocycles. The zero-order valence-electron chi connectivity index (χ0n) is 10.5. The van der Waals surface area contributed by atoms with E-state index in [-0.39, 0.29) is 5.82 Å². The van der Waals surface area contributed by atoms with E-state index < -0.39 is 5.97 Å². The van der Waals surface area contributed by atoms with Crippen molar-refractivity contribution < 1.29 is 13.9 Å². The summed E-state index contributed by atoms with van der Waals surface area (Å²) in [6, 6.07) is 10.1. The quantitative estimate of drug-likeness (QED) is 0.675. The van der Waals surface area contributed by atoms with Crippen molar-refractivity contribution in [3.05, 3.63) is 54.0 Å². The van der Waals surface area contributed by atoms with Gasteiger partial charge in [-0.3, -0.25) is 0 Å². The number of rotatable bonds is 4. The second-order valence-corrected chi connectivity index (χ2v) is 3.89. The van der Waals surface area contributed by atoms with Gasteiger partial charge in [0.2, 0.25) is 0 Å². The molecular weight excluding hydrogens is 245 g/mol. The molecule has 2 rings (SSSR count). The molecule has 0 aliphatic heterocycles. The van der Waals surface area contributed by atoms with Crippen molar-refractivity contribution in [2.45, 2.75) is 6.92 Å². The van der Waals surface area contributed by atoms with E-state index in [2.05, 4.69) is 4.98 Å². The summed E-state index contributed by atoms with van der Waals surface area (Å²) in [4.78, 5) is 14.2. The van der Waals surface area contributed by atoms with Crippen LogP contribution >= 0.6 is 0 Å². The highest BCUT2D eigenvalue weighted by molar-refractivity contribution is 5.86. The number of hydrogen-bond acceptors (Lipinski definition) is 2. The highest BCUT2D eigenvalue weighted by Gasteiger charge is 2.05. The summed E-state index contributed by atoms with van der Waals surface area (Å²) in [5.41, 5.74) is 1.88. The van der Waals surface area contributed by atoms with E-state index in [0.717, 1.165) is 0 Å². The monoisotopic (exact) mass is 259 g/mol. The summed E-state index contributed by atoms with van der Waals surface area (Å²) in [5, 5.41) is 0. The average Bonchev–Trinajstić information content (AvgIpc) is 2.86. The van der Waals surface area contributed by atoms with Gasteiger partial charge >= 0.3 is 5.97 Å². The van der Waals surface area contributed by atoms with Crippen molar-refractivity contribution >= 4 is 12.0 Å². The van der Waals surface area contributed by atoms with Gasteiger partial charge in [0, 0.05) is 23.0 Å². The van der Waals surface area contributed by atoms with Crippen LogP contribution in [0.3, 0.4) is 0 Å². The molecule has 0 aliphatic rings. The molecule has 0 amide bonds. The van der Waals surface area contributed by atoms with E-state index in [1.165, 1.54) is 12.1 Å². The molecule has 0 saturated heterocycles. The molecule has 98 valence electrons. The number of halogens is 1. The minimum absolute atomic E-state index is 0.287. The van der Waals surface area contributed by atoms with Crippen molar-refractivity contribution in [3.63, 3.8) is 0 Å². The van der Waals surface area contributed by atoms with Crippen LogP contribution in [0.1, 0.15) is 12.6 Å². The summed E-state index contributed by atoms with van der Waals surface area (Å²) in [5.74, 6) is -0.685. The highest BCUT2D eigenvalue weighted by Crippen LogP contribution is 2.21. The van der Waals surface area contributed by atoms with Crippen molar-refractivity contribution in [1.82, 2.24) is 4.98 Å². The fraction of sp³-hybridized carbons (Fsp3) is 0.133. The van der Waals surface area contributed by atoms with Crippen LogP contribution in [0.2, 0.25) is 0 Å². The number of benzene rings is 1. The van der Waals surface area contributed by atoms with E-state index in [9.17, 15) is 9.18 Å². The van der Waals surface area contributed by atoms with Gasteiger partial charge in [0.15, 0.2) is 0 Å². The Kier molecular flexibility index (Phi) is 4.13. The molecule has 0 spiro atoms. The van der Waals surface area contributed by atoms with Crippen LogP contribution in [0.25, 0.3) is 17.3 Å². The molecule has 0 radical (unpaired) electrons. The van der Waals surface area contributed by atoms with Crippen LogP contribution in [-0.2, 0) is 9.53 Å². The van der Waals surface area contributed by atoms with Gasteiger partial charge in [0.25, 0.3) is 0 Å². The Hall–Kier alpha value is -2.36. The number of aromatic nitrogens is 1. The summed E-state index contributed by atoms with van der Waals surface area (Å²) in [7, 11) is 0. The lowest BCUT2D eigenvalue weighted by Gasteiger charge is -1.99. The molecule has 0 bridgehead atoms. The van der Waals surface area contributed by atoms with Crippen LogP contribution in [0.4, 0.5) is 4.39 Å². The van der Waals surface area contributed by atoms with Gasteiger partial charge in [-0.25, -0.2) is 9.18 Å². The molecule has 3 nitrogen and oxygen atoms in total. The van der Waals surface area contributed by atoms with Gasteiger partial charge in [-0.2, -0.15) is 0 Å². The highest BCUT2D eigenvalue weighted by atomic mass is 19.1. The predicted molar refractivity (Wildman–Crippen MR) is 71.9 cm³/mol. The Morgan fingerprint density at radius 2 is 2.11 bits per heavy atom. The normalized spacial score (nSPS) is 10.8. The molecule has 1 aromatic heterocycles. The van der Waals surface area contributed by atoms with Crippen LogP contribution in [0.15, 0.2) is 42.5 Å². The number of hydrogen-bond donors (Lipinski definition) is 1. The topological polar surface area (TPSA) is 42.1 Å². The number of carbonyl (C=O) groups is 1. The lowest BCUT2D eigenvalue weighted by atomic mass is 10.1. The Labute approximate surface area is 110 Å². The number of H-pyrrole nitrogens is 1. The fourth-order valence-electron chi connectivity index (χ4n) is 1.69. The van der Waals surface area contributed by atoms with Crippen molar-refractivity contribution in [3.8, 4) is 11.3 Å². The van der Waals surface area contributed by atoms with Crippen molar-refractivity contribution in [1.29, 1.82) is 0 Å². The standard InChI is InChI=1S/C15H14FNO2/c1-2-19-15(18)10-8-11-7-9-14(17-11)12-5-3-4-6-13(12)16/h3-10,17H,2H2,1H3/b10-8+. The number of carbonyl (C=O) groups excluding carboxylic acids is 1. The summed E-state index contributed by atoms with van der Waals surface area (Å²) >= 11 is 0. The van der Waals surface area contributed by atoms with Gasteiger partial charge in [-0.05, 0) is 37.3 Å². The van der Waals surface area contributed by atoms with Crippen LogP contribution in [0, 0.1) is 5.82 Å². The van der Waals surface area contributed by atoms with Gasteiger partial charge in [0.05, 0.1) is 6.61 Å². The second kappa shape index (κ2) is 6.00. The van der Waals surface area contributed by atoms with Gasteiger partial charge in [-0.1, -0.05) is 12.1 Å². The number of nitrogens with one attached hydrogen (secondary N) is 1. The maximum atomic E-state index is 13.6. The molecule has 19 heavy (non-hydrogen) atoms. The average molecular weight is 259 g/mol. The zero-order chi connectivity index (χ0) is 13.7. The summed E-state index contributed by atoms with van der Waals surface area (Å²) < 4.78 is 18.4. The van der Waals surface area contributed by atoms with Crippen LogP contribution in [0.5, 0.6) is 0 Å². The van der Waals surface area contributed by atoms with E-state index in [1.807, 2.05) is 0 Å². The van der Waals surface area contributed by atoms with Crippen LogP contribution in [-0.4, -0.2) is 17.6 Å². The Morgan fingerprint density at radius 3 is 2.84 bits per heavy atom. The predicted octanol–water partition coefficient (Wildman–Crippen LogP) is 3.40. The first-order chi connectivity index (χ1) is 9.20. The molecule has 1 heterocycles. The van der Waals surface area contributed by atoms with Gasteiger partial charge < -0.3 is 9.72 Å². The smallest absolute Gasteiger partial charge is 0.330 e. The largest absolute Gasteiger partial charge is 0.463 e. The van der Waals surface area contributed by atoms with Gasteiger partial charge in [-0.15, -0.1) is 0 Å². The number of aromatic amines is 1. The summed E-state index contributed by atoms with van der Waals surface area (Å²) in [6.07, 6.45) is 2.93. The maximum absolute atomic E-state index is 13.6. The first-order valence-corrected chi connectivity index (χ1v) is 5.99. The lowest BCUT2D eigenvalue weighted by molar-refractivity contribution is -0.137. The first kappa shape index (κ1) is 13.1. The Morgan fingerprint density at radius 1 is 1.32 bits per heavy atom. The zero-order valence-corrected chi connectivity index (χ0v) is 10.5. The third kappa shape index (κ3) is 3.31. The SMILES string of the molecule is CCOC(=O)/C=C/c1ccc(-c2ccccc2F)[nH]1. The summed E-state index contributed by atoms with van der Waals surface area (Å²) in [6.45, 7) is 2.09. The Bertz CT molecular complexity index is 602. The molecule has 0 unspecified atom stereocenters. The molecule has 0 atom stereocenters. The second-order valence-electron chi connectivity index (χ2n) is 3.89. The van der Waals surface area contributed by atoms with Gasteiger partial charge in [0.1, 0.15) is 5.82 Å². The lowest BCUT2D eigenvalue weighted by Crippen LogP contribution is -1.98. The fourth-order valence-corrected chi connectivity index (χ4v) is 1.69. The molecule has 0 fully saturated rings. The van der Waals surface area contributed by atoms with Crippen molar-refractivity contribution in [2.75, 3.05) is 6.61 Å². The van der Waals surface area contributed by atoms with E-state index >= 15 is 0 Å². The molecular formula is C15H14FNO2. The maximum Gasteiger partial charge on any atom is 0.330 e. The molecule has 0 aliphatic carbocycles. The molecule has 1 N–H and O–H groups in total. The number of ether oxygens (including phenoxy) is 1. The molecule has 4 heteroatoms.